The van der Waals surface area contributed by atoms with Crippen molar-refractivity contribution in [3.05, 3.63) is 18.5 Å². The molecule has 14 heavy (non-hydrogen) atoms. The summed E-state index contributed by atoms with van der Waals surface area (Å²) in [6.07, 6.45) is 3.35. The predicted octanol–water partition coefficient (Wildman–Crippen LogP) is 0.871. The lowest BCUT2D eigenvalue weighted by molar-refractivity contribution is 0.216. The lowest BCUT2D eigenvalue weighted by atomic mass is 10.0. The van der Waals surface area contributed by atoms with Gasteiger partial charge in [-0.15, -0.1) is 0 Å². The van der Waals surface area contributed by atoms with Crippen molar-refractivity contribution in [2.45, 2.75) is 19.4 Å². The van der Waals surface area contributed by atoms with E-state index in [9.17, 15) is 5.11 Å². The Morgan fingerprint density at radius 3 is 2.71 bits per heavy atom. The second kappa shape index (κ2) is 3.84. The molecule has 4 nitrogen and oxygen atoms in total. The van der Waals surface area contributed by atoms with Crippen molar-refractivity contribution in [1.82, 2.24) is 4.98 Å². The van der Waals surface area contributed by atoms with E-state index in [0.29, 0.717) is 5.69 Å². The summed E-state index contributed by atoms with van der Waals surface area (Å²) in [6.45, 7) is 3.96. The molecule has 1 rings (SSSR count). The van der Waals surface area contributed by atoms with Crippen LogP contribution in [0.2, 0.25) is 0 Å². The van der Waals surface area contributed by atoms with Crippen LogP contribution in [0.25, 0.3) is 0 Å². The quantitative estimate of drug-likeness (QED) is 0.751. The van der Waals surface area contributed by atoms with Gasteiger partial charge in [-0.25, -0.2) is 0 Å². The van der Waals surface area contributed by atoms with Crippen LogP contribution >= 0.6 is 0 Å². The number of pyridine rings is 1. The first-order valence-electron chi connectivity index (χ1n) is 4.53. The Morgan fingerprint density at radius 2 is 2.21 bits per heavy atom. The third kappa shape index (κ3) is 1.96. The third-order valence-corrected chi connectivity index (χ3v) is 2.49. The van der Waals surface area contributed by atoms with Crippen LogP contribution in [0.5, 0.6) is 0 Å². The topological polar surface area (TPSA) is 62.4 Å². The second-order valence-electron chi connectivity index (χ2n) is 3.96. The maximum absolute atomic E-state index is 9.21. The van der Waals surface area contributed by atoms with E-state index in [0.717, 1.165) is 5.69 Å². The van der Waals surface area contributed by atoms with Gasteiger partial charge in [-0.3, -0.25) is 4.98 Å². The number of nitrogen functional groups attached to an aromatic ring is 1. The lowest BCUT2D eigenvalue weighted by Gasteiger charge is -2.36. The summed E-state index contributed by atoms with van der Waals surface area (Å²) in [7, 11) is 1.89. The van der Waals surface area contributed by atoms with E-state index in [-0.39, 0.29) is 12.1 Å². The molecule has 0 radical (unpaired) electrons. The Balaban J connectivity index is 3.00. The number of nitrogens with zero attached hydrogens (tertiary/aromatic N) is 2. The highest BCUT2D eigenvalue weighted by molar-refractivity contribution is 5.66. The first-order chi connectivity index (χ1) is 6.49. The summed E-state index contributed by atoms with van der Waals surface area (Å²) < 4.78 is 0. The molecule has 0 saturated heterocycles. The minimum atomic E-state index is -0.336. The summed E-state index contributed by atoms with van der Waals surface area (Å²) in [5.41, 5.74) is 6.98. The molecule has 0 unspecified atom stereocenters. The Morgan fingerprint density at radius 1 is 1.57 bits per heavy atom. The van der Waals surface area contributed by atoms with Crippen molar-refractivity contribution in [1.29, 1.82) is 0 Å². The van der Waals surface area contributed by atoms with Gasteiger partial charge in [0.25, 0.3) is 0 Å². The standard InChI is InChI=1S/C10H17N3O/c1-10(2,7-14)13(3)9-6-12-5-4-8(9)11/h4-6,14H,7H2,1-3H3,(H2,11,12). The molecule has 0 atom stereocenters. The molecule has 78 valence electrons. The van der Waals surface area contributed by atoms with Gasteiger partial charge in [-0.2, -0.15) is 0 Å². The molecule has 3 N–H and O–H groups in total. The summed E-state index contributed by atoms with van der Waals surface area (Å²) in [4.78, 5) is 5.94. The van der Waals surface area contributed by atoms with Gasteiger partial charge >= 0.3 is 0 Å². The van der Waals surface area contributed by atoms with Crippen LogP contribution in [-0.2, 0) is 0 Å². The number of likely N-dealkylation sites (N-methyl/N-ethyl adjacent to an activating group) is 1. The van der Waals surface area contributed by atoms with Crippen molar-refractivity contribution < 1.29 is 5.11 Å². The fourth-order valence-corrected chi connectivity index (χ4v) is 1.11. The minimum absolute atomic E-state index is 0.0673. The molecule has 0 amide bonds. The van der Waals surface area contributed by atoms with Gasteiger partial charge in [0.05, 0.1) is 29.7 Å². The first-order valence-corrected chi connectivity index (χ1v) is 4.53. The predicted molar refractivity (Wildman–Crippen MR) is 58.2 cm³/mol. The molecule has 1 heterocycles. The highest BCUT2D eigenvalue weighted by Crippen LogP contribution is 2.26. The zero-order chi connectivity index (χ0) is 10.8. The van der Waals surface area contributed by atoms with E-state index in [2.05, 4.69) is 4.98 Å². The van der Waals surface area contributed by atoms with Crippen molar-refractivity contribution in [3.63, 3.8) is 0 Å². The van der Waals surface area contributed by atoms with Crippen LogP contribution in [0.3, 0.4) is 0 Å². The smallest absolute Gasteiger partial charge is 0.0788 e. The number of aliphatic hydroxyl groups is 1. The number of nitrogens with two attached hydrogens (primary N) is 1. The Labute approximate surface area is 84.4 Å². The Bertz CT molecular complexity index is 312. The highest BCUT2D eigenvalue weighted by atomic mass is 16.3. The number of rotatable bonds is 3. The highest BCUT2D eigenvalue weighted by Gasteiger charge is 2.23. The van der Waals surface area contributed by atoms with Gasteiger partial charge in [-0.05, 0) is 19.9 Å². The van der Waals surface area contributed by atoms with Gasteiger partial charge in [0.2, 0.25) is 0 Å². The van der Waals surface area contributed by atoms with Crippen LogP contribution in [0.15, 0.2) is 18.5 Å². The average molecular weight is 195 g/mol. The van der Waals surface area contributed by atoms with Crippen molar-refractivity contribution >= 4 is 11.4 Å². The fraction of sp³-hybridized carbons (Fsp3) is 0.500. The molecule has 0 aromatic carbocycles. The Hall–Kier alpha value is -1.29. The van der Waals surface area contributed by atoms with E-state index in [1.807, 2.05) is 25.8 Å². The van der Waals surface area contributed by atoms with Gasteiger partial charge < -0.3 is 15.7 Å². The van der Waals surface area contributed by atoms with Crippen LogP contribution < -0.4 is 10.6 Å². The van der Waals surface area contributed by atoms with Gasteiger partial charge in [0, 0.05) is 13.2 Å². The minimum Gasteiger partial charge on any atom is -0.397 e. The van der Waals surface area contributed by atoms with E-state index in [1.54, 1.807) is 18.5 Å². The second-order valence-corrected chi connectivity index (χ2v) is 3.96. The van der Waals surface area contributed by atoms with E-state index in [1.165, 1.54) is 0 Å². The zero-order valence-corrected chi connectivity index (χ0v) is 8.86. The number of aliphatic hydroxyl groups excluding tert-OH is 1. The summed E-state index contributed by atoms with van der Waals surface area (Å²) in [5.74, 6) is 0. The van der Waals surface area contributed by atoms with Crippen molar-refractivity contribution in [3.8, 4) is 0 Å². The molecule has 1 aromatic rings. The van der Waals surface area contributed by atoms with Crippen LogP contribution in [-0.4, -0.2) is 29.3 Å². The normalized spacial score (nSPS) is 11.4. The SMILES string of the molecule is CN(c1cnccc1N)C(C)(C)CO. The molecule has 4 heteroatoms. The number of hydrogen-bond acceptors (Lipinski definition) is 4. The largest absolute Gasteiger partial charge is 0.397 e. The van der Waals surface area contributed by atoms with Crippen LogP contribution in [0, 0.1) is 0 Å². The molecule has 0 fully saturated rings. The average Bonchev–Trinajstić information content (AvgIpc) is 2.17. The molecule has 0 aliphatic heterocycles. The molecule has 1 aromatic heterocycles. The van der Waals surface area contributed by atoms with Crippen molar-refractivity contribution in [2.24, 2.45) is 0 Å². The third-order valence-electron chi connectivity index (χ3n) is 2.49. The van der Waals surface area contributed by atoms with Crippen LogP contribution in [0.4, 0.5) is 11.4 Å². The monoisotopic (exact) mass is 195 g/mol. The maximum atomic E-state index is 9.21. The summed E-state index contributed by atoms with van der Waals surface area (Å²) in [6, 6.07) is 1.75. The van der Waals surface area contributed by atoms with Crippen LogP contribution in [0.1, 0.15) is 13.8 Å². The van der Waals surface area contributed by atoms with E-state index >= 15 is 0 Å². The van der Waals surface area contributed by atoms with Gasteiger partial charge in [-0.1, -0.05) is 0 Å². The summed E-state index contributed by atoms with van der Waals surface area (Å²) >= 11 is 0. The summed E-state index contributed by atoms with van der Waals surface area (Å²) in [5, 5.41) is 9.21. The number of aromatic nitrogens is 1. The van der Waals surface area contributed by atoms with E-state index in [4.69, 9.17) is 5.73 Å². The lowest BCUT2D eigenvalue weighted by Crippen LogP contribution is -2.44. The molecular formula is C10H17N3O. The van der Waals surface area contributed by atoms with Gasteiger partial charge in [0.1, 0.15) is 0 Å². The Kier molecular flexibility index (Phi) is 2.96. The maximum Gasteiger partial charge on any atom is 0.0788 e. The molecule has 0 bridgehead atoms. The molecule has 0 saturated carbocycles. The van der Waals surface area contributed by atoms with Crippen molar-refractivity contribution in [2.75, 3.05) is 24.3 Å². The zero-order valence-electron chi connectivity index (χ0n) is 8.86. The fourth-order valence-electron chi connectivity index (χ4n) is 1.11. The number of anilines is 2. The van der Waals surface area contributed by atoms with E-state index < -0.39 is 0 Å². The number of hydrogen-bond donors (Lipinski definition) is 2. The molecule has 0 spiro atoms. The van der Waals surface area contributed by atoms with Gasteiger partial charge in [0.15, 0.2) is 0 Å². The molecule has 0 aliphatic carbocycles. The first kappa shape index (κ1) is 10.8. The molecule has 0 aliphatic rings. The molecular weight excluding hydrogens is 178 g/mol.